The zero-order valence-corrected chi connectivity index (χ0v) is 22.4. The van der Waals surface area contributed by atoms with Crippen molar-refractivity contribution in [2.45, 2.75) is 18.3 Å². The van der Waals surface area contributed by atoms with Crippen LogP contribution in [-0.2, 0) is 15.0 Å². The van der Waals surface area contributed by atoms with Crippen molar-refractivity contribution in [2.75, 3.05) is 20.2 Å². The predicted molar refractivity (Wildman–Crippen MR) is 153 cm³/mol. The van der Waals surface area contributed by atoms with Crippen molar-refractivity contribution in [1.82, 2.24) is 25.5 Å². The molecule has 212 valence electrons. The number of carbonyl (C=O) groups is 2. The lowest BCUT2D eigenvalue weighted by Crippen LogP contribution is -2.41. The summed E-state index contributed by atoms with van der Waals surface area (Å²) in [5.41, 5.74) is 5.24. The first kappa shape index (κ1) is 28.8. The molecular formula is C30H31N5O6. The standard InChI is InChI=1S/C28H27N5O2.2CH2O2/c1-34-22-3-2-4-23(15-22)35-24-9-10-25-26(16-24)33-27(32-25)28(11-13-29-14-12-28)21-7-5-19(6-8-21)20-17-30-31-18-20;2*2-1-3/h2-10,15-18,29H,11-14H2,1H3,(H,30,31)(H,32,33);2*1H,(H,2,3). The Hall–Kier alpha value is -5.16. The van der Waals surface area contributed by atoms with Gasteiger partial charge in [0.1, 0.15) is 23.1 Å². The summed E-state index contributed by atoms with van der Waals surface area (Å²) in [6, 6.07) is 22.4. The van der Waals surface area contributed by atoms with Gasteiger partial charge in [0.15, 0.2) is 0 Å². The smallest absolute Gasteiger partial charge is 0.290 e. The highest BCUT2D eigenvalue weighted by Crippen LogP contribution is 2.40. The van der Waals surface area contributed by atoms with E-state index < -0.39 is 0 Å². The number of ether oxygens (including phenoxy) is 2. The maximum absolute atomic E-state index is 8.36. The molecule has 0 radical (unpaired) electrons. The van der Waals surface area contributed by atoms with Crippen LogP contribution in [0.15, 0.2) is 79.1 Å². The summed E-state index contributed by atoms with van der Waals surface area (Å²) < 4.78 is 11.4. The monoisotopic (exact) mass is 557 g/mol. The van der Waals surface area contributed by atoms with Crippen molar-refractivity contribution < 1.29 is 29.3 Å². The fourth-order valence-corrected chi connectivity index (χ4v) is 4.99. The summed E-state index contributed by atoms with van der Waals surface area (Å²) >= 11 is 0. The highest BCUT2D eigenvalue weighted by Gasteiger charge is 2.38. The highest BCUT2D eigenvalue weighted by molar-refractivity contribution is 5.77. The van der Waals surface area contributed by atoms with Crippen LogP contribution in [0.3, 0.4) is 0 Å². The predicted octanol–water partition coefficient (Wildman–Crippen LogP) is 4.83. The molecule has 1 fully saturated rings. The number of nitrogens with one attached hydrogen (secondary N) is 3. The molecule has 3 aromatic carbocycles. The number of aromatic nitrogens is 4. The number of H-pyrrole nitrogens is 2. The van der Waals surface area contributed by atoms with Crippen LogP contribution >= 0.6 is 0 Å². The minimum atomic E-state index is -0.250. The summed E-state index contributed by atoms with van der Waals surface area (Å²) in [5, 5.41) is 24.2. The first-order valence-corrected chi connectivity index (χ1v) is 12.8. The molecule has 0 aliphatic carbocycles. The van der Waals surface area contributed by atoms with Crippen molar-refractivity contribution in [3.8, 4) is 28.4 Å². The van der Waals surface area contributed by atoms with E-state index in [2.05, 4.69) is 44.8 Å². The Morgan fingerprint density at radius 1 is 0.878 bits per heavy atom. The van der Waals surface area contributed by atoms with Gasteiger partial charge in [0.05, 0.1) is 29.8 Å². The van der Waals surface area contributed by atoms with Gasteiger partial charge in [-0.1, -0.05) is 30.3 Å². The number of aromatic amines is 2. The van der Waals surface area contributed by atoms with Gasteiger partial charge in [-0.25, -0.2) is 4.98 Å². The number of benzene rings is 3. The van der Waals surface area contributed by atoms with Gasteiger partial charge in [0.2, 0.25) is 0 Å². The van der Waals surface area contributed by atoms with Crippen molar-refractivity contribution in [3.63, 3.8) is 0 Å². The number of rotatable bonds is 6. The van der Waals surface area contributed by atoms with Crippen molar-refractivity contribution in [3.05, 3.63) is 90.5 Å². The van der Waals surface area contributed by atoms with E-state index in [0.717, 1.165) is 71.2 Å². The van der Waals surface area contributed by atoms with Gasteiger partial charge < -0.3 is 30.0 Å². The number of fused-ring (bicyclic) bond motifs is 1. The van der Waals surface area contributed by atoms with E-state index in [0.29, 0.717) is 0 Å². The van der Waals surface area contributed by atoms with Gasteiger partial charge in [-0.2, -0.15) is 5.10 Å². The molecule has 0 atom stereocenters. The Labute approximate surface area is 236 Å². The normalized spacial score (nSPS) is 13.6. The Morgan fingerprint density at radius 3 is 2.22 bits per heavy atom. The molecule has 5 aromatic rings. The van der Waals surface area contributed by atoms with Crippen LogP contribution in [-0.4, -0.2) is 63.5 Å². The molecule has 6 rings (SSSR count). The maximum atomic E-state index is 8.36. The largest absolute Gasteiger partial charge is 0.497 e. The third-order valence-corrected chi connectivity index (χ3v) is 6.91. The van der Waals surface area contributed by atoms with Crippen molar-refractivity contribution in [1.29, 1.82) is 0 Å². The Kier molecular flexibility index (Phi) is 9.68. The van der Waals surface area contributed by atoms with Gasteiger partial charge in [0, 0.05) is 23.9 Å². The molecule has 3 heterocycles. The molecule has 1 aliphatic rings. The molecule has 0 saturated carbocycles. The second-order valence-corrected chi connectivity index (χ2v) is 9.15. The van der Waals surface area contributed by atoms with E-state index in [1.165, 1.54) is 5.56 Å². The molecule has 41 heavy (non-hydrogen) atoms. The molecule has 5 N–H and O–H groups in total. The molecule has 1 saturated heterocycles. The number of hydrogen-bond donors (Lipinski definition) is 5. The highest BCUT2D eigenvalue weighted by atomic mass is 16.5. The minimum absolute atomic E-state index is 0.174. The number of piperidine rings is 1. The Morgan fingerprint density at radius 2 is 1.56 bits per heavy atom. The van der Waals surface area contributed by atoms with Gasteiger partial charge in [-0.3, -0.25) is 14.7 Å². The number of hydrogen-bond acceptors (Lipinski definition) is 7. The SMILES string of the molecule is COc1cccc(Oc2ccc3nc(C4(c5ccc(-c6cn[nH]c6)cc5)CCNCC4)[nH]c3c2)c1.O=CO.O=CO. The fourth-order valence-electron chi connectivity index (χ4n) is 4.99. The van der Waals surface area contributed by atoms with E-state index in [1.807, 2.05) is 54.9 Å². The van der Waals surface area contributed by atoms with Crippen molar-refractivity contribution >= 4 is 24.0 Å². The van der Waals surface area contributed by atoms with Gasteiger partial charge in [-0.05, 0) is 61.3 Å². The lowest BCUT2D eigenvalue weighted by Gasteiger charge is -2.36. The quantitative estimate of drug-likeness (QED) is 0.184. The van der Waals surface area contributed by atoms with Crippen LogP contribution < -0.4 is 14.8 Å². The van der Waals surface area contributed by atoms with E-state index in [1.54, 1.807) is 7.11 Å². The molecule has 0 amide bonds. The van der Waals surface area contributed by atoms with Crippen LogP contribution in [0.2, 0.25) is 0 Å². The van der Waals surface area contributed by atoms with Crippen LogP contribution in [0, 0.1) is 0 Å². The van der Waals surface area contributed by atoms with Gasteiger partial charge in [0.25, 0.3) is 12.9 Å². The number of methoxy groups -OCH3 is 1. The van der Waals surface area contributed by atoms with Crippen molar-refractivity contribution in [2.24, 2.45) is 0 Å². The summed E-state index contributed by atoms with van der Waals surface area (Å²) in [5.74, 6) is 3.25. The third kappa shape index (κ3) is 6.71. The molecule has 1 aliphatic heterocycles. The Balaban J connectivity index is 0.000000596. The lowest BCUT2D eigenvalue weighted by atomic mass is 9.72. The molecule has 0 unspecified atom stereocenters. The first-order valence-electron chi connectivity index (χ1n) is 12.8. The fraction of sp³-hybridized carbons (Fsp3) is 0.200. The van der Waals surface area contributed by atoms with E-state index in [9.17, 15) is 0 Å². The number of nitrogens with zero attached hydrogens (tertiary/aromatic N) is 2. The molecule has 0 spiro atoms. The minimum Gasteiger partial charge on any atom is -0.497 e. The average molecular weight is 558 g/mol. The van der Waals surface area contributed by atoms with E-state index in [4.69, 9.17) is 34.3 Å². The molecule has 11 nitrogen and oxygen atoms in total. The molecule has 11 heteroatoms. The summed E-state index contributed by atoms with van der Waals surface area (Å²) in [4.78, 5) is 25.4. The van der Waals surface area contributed by atoms with Crippen LogP contribution in [0.1, 0.15) is 24.2 Å². The van der Waals surface area contributed by atoms with E-state index >= 15 is 0 Å². The number of carboxylic acid groups (broad SMARTS) is 2. The second-order valence-electron chi connectivity index (χ2n) is 9.15. The maximum Gasteiger partial charge on any atom is 0.290 e. The topological polar surface area (TPSA) is 162 Å². The van der Waals surface area contributed by atoms with Gasteiger partial charge in [-0.15, -0.1) is 0 Å². The summed E-state index contributed by atoms with van der Waals surface area (Å²) in [6.07, 6.45) is 5.72. The second kappa shape index (κ2) is 13.8. The number of imidazole rings is 1. The van der Waals surface area contributed by atoms with Crippen LogP contribution in [0.5, 0.6) is 17.2 Å². The van der Waals surface area contributed by atoms with Crippen LogP contribution in [0.25, 0.3) is 22.2 Å². The van der Waals surface area contributed by atoms with E-state index in [-0.39, 0.29) is 18.4 Å². The summed E-state index contributed by atoms with van der Waals surface area (Å²) in [7, 11) is 1.65. The zero-order chi connectivity index (χ0) is 29.1. The molecular weight excluding hydrogens is 526 g/mol. The lowest BCUT2D eigenvalue weighted by molar-refractivity contribution is -0.123. The first-order chi connectivity index (χ1) is 20.1. The van der Waals surface area contributed by atoms with Crippen LogP contribution in [0.4, 0.5) is 0 Å². The summed E-state index contributed by atoms with van der Waals surface area (Å²) in [6.45, 7) is 1.40. The Bertz CT molecular complexity index is 1540. The molecule has 2 aromatic heterocycles. The zero-order valence-electron chi connectivity index (χ0n) is 22.4. The molecule has 0 bridgehead atoms. The third-order valence-electron chi connectivity index (χ3n) is 6.91. The van der Waals surface area contributed by atoms with Gasteiger partial charge >= 0.3 is 0 Å². The average Bonchev–Trinajstić information content (AvgIpc) is 3.70.